The van der Waals surface area contributed by atoms with E-state index in [9.17, 15) is 13.2 Å². The monoisotopic (exact) mass is 430 g/mol. The van der Waals surface area contributed by atoms with Crippen LogP contribution in [0.1, 0.15) is 62.9 Å². The molecule has 0 heterocycles. The summed E-state index contributed by atoms with van der Waals surface area (Å²) in [5.41, 5.74) is 4.78. The van der Waals surface area contributed by atoms with Gasteiger partial charge in [0.2, 0.25) is 15.9 Å². The second-order valence-electron chi connectivity index (χ2n) is 9.11. The van der Waals surface area contributed by atoms with Crippen LogP contribution in [0.3, 0.4) is 0 Å². The molecule has 0 saturated heterocycles. The molecule has 5 nitrogen and oxygen atoms in total. The number of nitrogens with one attached hydrogen (secondary N) is 1. The Hall–Kier alpha value is -2.34. The van der Waals surface area contributed by atoms with E-state index in [4.69, 9.17) is 0 Å². The molecule has 0 saturated carbocycles. The number of amides is 1. The third kappa shape index (κ3) is 5.63. The molecular formula is C24H34N2O3S. The summed E-state index contributed by atoms with van der Waals surface area (Å²) in [5.74, 6) is -0.342. The Kier molecular flexibility index (Phi) is 7.02. The Morgan fingerprint density at radius 3 is 2.00 bits per heavy atom. The summed E-state index contributed by atoms with van der Waals surface area (Å²) in [6, 6.07) is 12.4. The molecule has 0 aliphatic heterocycles. The van der Waals surface area contributed by atoms with Crippen molar-refractivity contribution in [2.24, 2.45) is 0 Å². The number of hydrogen-bond donors (Lipinski definition) is 1. The van der Waals surface area contributed by atoms with E-state index in [0.29, 0.717) is 5.69 Å². The topological polar surface area (TPSA) is 66.5 Å². The second-order valence-corrected chi connectivity index (χ2v) is 11.0. The average Bonchev–Trinajstić information content (AvgIpc) is 2.63. The number of benzene rings is 2. The standard InChI is InChI=1S/C24H34N2O3S/c1-16-9-14-22(15-17(16)2)26(30(8,28)29)19(4)23(27)25-18(3)20-10-12-21(13-11-20)24(5,6)7/h9-15,18-19H,1-8H3,(H,25,27)/t18-,19-/m0/s1. The van der Waals surface area contributed by atoms with E-state index in [1.165, 1.54) is 9.87 Å². The zero-order valence-corrected chi connectivity index (χ0v) is 20.1. The third-order valence-electron chi connectivity index (χ3n) is 5.47. The molecule has 2 atom stereocenters. The van der Waals surface area contributed by atoms with Crippen LogP contribution in [0.25, 0.3) is 0 Å². The van der Waals surface area contributed by atoms with Crippen LogP contribution in [0.4, 0.5) is 5.69 Å². The Balaban J connectivity index is 2.23. The van der Waals surface area contributed by atoms with Gasteiger partial charge in [-0.15, -0.1) is 0 Å². The summed E-state index contributed by atoms with van der Waals surface area (Å²) < 4.78 is 26.2. The van der Waals surface area contributed by atoms with E-state index >= 15 is 0 Å². The first-order chi connectivity index (χ1) is 13.7. The van der Waals surface area contributed by atoms with Crippen molar-refractivity contribution in [2.75, 3.05) is 10.6 Å². The van der Waals surface area contributed by atoms with Crippen molar-refractivity contribution in [3.8, 4) is 0 Å². The molecule has 2 aromatic carbocycles. The number of carbonyl (C=O) groups excluding carboxylic acids is 1. The summed E-state index contributed by atoms with van der Waals surface area (Å²) >= 11 is 0. The lowest BCUT2D eigenvalue weighted by atomic mass is 9.86. The molecular weight excluding hydrogens is 396 g/mol. The minimum atomic E-state index is -3.64. The van der Waals surface area contributed by atoms with Crippen LogP contribution in [0.2, 0.25) is 0 Å². The van der Waals surface area contributed by atoms with Gasteiger partial charge < -0.3 is 5.32 Å². The van der Waals surface area contributed by atoms with Crippen LogP contribution >= 0.6 is 0 Å². The highest BCUT2D eigenvalue weighted by molar-refractivity contribution is 7.92. The molecule has 0 radical (unpaired) electrons. The molecule has 0 bridgehead atoms. The van der Waals surface area contributed by atoms with Gasteiger partial charge in [0.15, 0.2) is 0 Å². The van der Waals surface area contributed by atoms with Crippen LogP contribution in [0.5, 0.6) is 0 Å². The van der Waals surface area contributed by atoms with Crippen molar-refractivity contribution in [1.29, 1.82) is 0 Å². The molecule has 164 valence electrons. The summed E-state index contributed by atoms with van der Waals surface area (Å²) in [4.78, 5) is 12.9. The van der Waals surface area contributed by atoms with Crippen LogP contribution in [-0.4, -0.2) is 26.6 Å². The number of hydrogen-bond acceptors (Lipinski definition) is 3. The van der Waals surface area contributed by atoms with E-state index in [2.05, 4.69) is 38.2 Å². The fourth-order valence-corrected chi connectivity index (χ4v) is 4.53. The van der Waals surface area contributed by atoms with Gasteiger partial charge in [-0.3, -0.25) is 9.10 Å². The lowest BCUT2D eigenvalue weighted by Crippen LogP contribution is -2.48. The molecule has 0 aliphatic rings. The average molecular weight is 431 g/mol. The van der Waals surface area contributed by atoms with Crippen molar-refractivity contribution in [3.05, 3.63) is 64.7 Å². The van der Waals surface area contributed by atoms with Crippen molar-refractivity contribution < 1.29 is 13.2 Å². The van der Waals surface area contributed by atoms with Crippen LogP contribution in [-0.2, 0) is 20.2 Å². The van der Waals surface area contributed by atoms with E-state index in [-0.39, 0.29) is 17.4 Å². The number of carbonyl (C=O) groups is 1. The summed E-state index contributed by atoms with van der Waals surface area (Å²) in [6.07, 6.45) is 1.13. The number of aryl methyl sites for hydroxylation is 2. The second kappa shape index (κ2) is 8.80. The van der Waals surface area contributed by atoms with E-state index in [0.717, 1.165) is 22.9 Å². The van der Waals surface area contributed by atoms with Crippen LogP contribution < -0.4 is 9.62 Å². The predicted octanol–water partition coefficient (Wildman–Crippen LogP) is 4.63. The van der Waals surface area contributed by atoms with Crippen LogP contribution in [0, 0.1) is 13.8 Å². The minimum absolute atomic E-state index is 0.0572. The zero-order chi connectivity index (χ0) is 22.9. The van der Waals surface area contributed by atoms with Crippen molar-refractivity contribution in [3.63, 3.8) is 0 Å². The molecule has 30 heavy (non-hydrogen) atoms. The lowest BCUT2D eigenvalue weighted by Gasteiger charge is -2.30. The molecule has 0 spiro atoms. The maximum atomic E-state index is 12.9. The number of nitrogens with zero attached hydrogens (tertiary/aromatic N) is 1. The van der Waals surface area contributed by atoms with Crippen molar-refractivity contribution >= 4 is 21.6 Å². The molecule has 1 N–H and O–H groups in total. The fraction of sp³-hybridized carbons (Fsp3) is 0.458. The Morgan fingerprint density at radius 1 is 0.967 bits per heavy atom. The van der Waals surface area contributed by atoms with E-state index in [1.54, 1.807) is 19.1 Å². The predicted molar refractivity (Wildman–Crippen MR) is 124 cm³/mol. The maximum absolute atomic E-state index is 12.9. The minimum Gasteiger partial charge on any atom is -0.348 e. The van der Waals surface area contributed by atoms with Gasteiger partial charge >= 0.3 is 0 Å². The highest BCUT2D eigenvalue weighted by Gasteiger charge is 2.30. The van der Waals surface area contributed by atoms with E-state index in [1.807, 2.05) is 39.0 Å². The zero-order valence-electron chi connectivity index (χ0n) is 19.3. The van der Waals surface area contributed by atoms with Crippen molar-refractivity contribution in [2.45, 2.75) is 66.0 Å². The van der Waals surface area contributed by atoms with Crippen LogP contribution in [0.15, 0.2) is 42.5 Å². The maximum Gasteiger partial charge on any atom is 0.244 e. The number of sulfonamides is 1. The largest absolute Gasteiger partial charge is 0.348 e. The Bertz CT molecular complexity index is 1010. The van der Waals surface area contributed by atoms with Gasteiger partial charge in [-0.25, -0.2) is 8.42 Å². The highest BCUT2D eigenvalue weighted by Crippen LogP contribution is 2.26. The summed E-state index contributed by atoms with van der Waals surface area (Å²) in [5, 5.41) is 2.96. The van der Waals surface area contributed by atoms with Gasteiger partial charge in [-0.05, 0) is 67.5 Å². The molecule has 0 aromatic heterocycles. The fourth-order valence-electron chi connectivity index (χ4n) is 3.36. The first-order valence-electron chi connectivity index (χ1n) is 10.2. The molecule has 2 aromatic rings. The first kappa shape index (κ1) is 23.9. The first-order valence-corrected chi connectivity index (χ1v) is 12.0. The van der Waals surface area contributed by atoms with Gasteiger partial charge in [-0.1, -0.05) is 51.1 Å². The number of rotatable bonds is 6. The van der Waals surface area contributed by atoms with Gasteiger partial charge in [-0.2, -0.15) is 0 Å². The van der Waals surface area contributed by atoms with Gasteiger partial charge in [0.05, 0.1) is 18.0 Å². The molecule has 1 amide bonds. The van der Waals surface area contributed by atoms with E-state index < -0.39 is 16.1 Å². The van der Waals surface area contributed by atoms with Gasteiger partial charge in [0.1, 0.15) is 6.04 Å². The molecule has 0 aliphatic carbocycles. The highest BCUT2D eigenvalue weighted by atomic mass is 32.2. The van der Waals surface area contributed by atoms with Gasteiger partial charge in [0, 0.05) is 0 Å². The van der Waals surface area contributed by atoms with Crippen molar-refractivity contribution in [1.82, 2.24) is 5.32 Å². The Labute approximate surface area is 181 Å². The molecule has 0 unspecified atom stereocenters. The molecule has 2 rings (SSSR count). The normalized spacial score (nSPS) is 14.1. The summed E-state index contributed by atoms with van der Waals surface area (Å²) in [6.45, 7) is 13.9. The molecule has 0 fully saturated rings. The van der Waals surface area contributed by atoms with Gasteiger partial charge in [0.25, 0.3) is 0 Å². The third-order valence-corrected chi connectivity index (χ3v) is 6.71. The number of anilines is 1. The molecule has 6 heteroatoms. The lowest BCUT2D eigenvalue weighted by molar-refractivity contribution is -0.122. The summed E-state index contributed by atoms with van der Waals surface area (Å²) in [7, 11) is -3.64. The quantitative estimate of drug-likeness (QED) is 0.726. The SMILES string of the molecule is Cc1ccc(N([C@@H](C)C(=O)N[C@@H](C)c2ccc(C(C)(C)C)cc2)S(C)(=O)=O)cc1C. The smallest absolute Gasteiger partial charge is 0.244 e. The Morgan fingerprint density at radius 2 is 1.53 bits per heavy atom.